The lowest BCUT2D eigenvalue weighted by Crippen LogP contribution is -2.41. The first-order chi connectivity index (χ1) is 8.77. The molecule has 1 N–H and O–H groups in total. The van der Waals surface area contributed by atoms with Crippen molar-refractivity contribution in [2.75, 3.05) is 26.7 Å². The first-order valence-corrected chi connectivity index (χ1v) is 7.45. The van der Waals surface area contributed by atoms with Gasteiger partial charge in [-0.3, -0.25) is 4.99 Å². The summed E-state index contributed by atoms with van der Waals surface area (Å²) in [5, 5.41) is 3.45. The van der Waals surface area contributed by atoms with Crippen LogP contribution in [0.15, 0.2) is 4.99 Å². The third kappa shape index (κ3) is 3.54. The molecule has 1 saturated heterocycles. The first kappa shape index (κ1) is 15.4. The summed E-state index contributed by atoms with van der Waals surface area (Å²) in [7, 11) is 2.09. The zero-order chi connectivity index (χ0) is 12.4. The van der Waals surface area contributed by atoms with Crippen molar-refractivity contribution in [3.05, 3.63) is 0 Å². The van der Waals surface area contributed by atoms with Crippen LogP contribution in [0.3, 0.4) is 0 Å². The van der Waals surface area contributed by atoms with E-state index in [0.29, 0.717) is 6.10 Å². The molecule has 5 heteroatoms. The van der Waals surface area contributed by atoms with Gasteiger partial charge in [0, 0.05) is 20.1 Å². The summed E-state index contributed by atoms with van der Waals surface area (Å²) in [4.78, 5) is 6.64. The Morgan fingerprint density at radius 1 is 1.32 bits per heavy atom. The van der Waals surface area contributed by atoms with Gasteiger partial charge in [-0.1, -0.05) is 19.3 Å². The van der Waals surface area contributed by atoms with Crippen LogP contribution in [-0.2, 0) is 4.74 Å². The zero-order valence-electron chi connectivity index (χ0n) is 11.9. The summed E-state index contributed by atoms with van der Waals surface area (Å²) >= 11 is 0. The smallest absolute Gasteiger partial charge is 0.193 e. The highest BCUT2D eigenvalue weighted by Crippen LogP contribution is 2.41. The molecule has 2 aliphatic heterocycles. The fourth-order valence-electron chi connectivity index (χ4n) is 3.53. The molecule has 0 aromatic carbocycles. The summed E-state index contributed by atoms with van der Waals surface area (Å²) < 4.78 is 6.35. The van der Waals surface area contributed by atoms with Gasteiger partial charge in [-0.25, -0.2) is 0 Å². The molecular weight excluding hydrogens is 353 g/mol. The van der Waals surface area contributed by atoms with Crippen molar-refractivity contribution >= 4 is 29.9 Å². The average molecular weight is 379 g/mol. The molecule has 1 saturated carbocycles. The summed E-state index contributed by atoms with van der Waals surface area (Å²) in [6.07, 6.45) is 9.54. The molecule has 0 aromatic rings. The molecule has 1 unspecified atom stereocenters. The minimum absolute atomic E-state index is 0. The molecule has 19 heavy (non-hydrogen) atoms. The van der Waals surface area contributed by atoms with E-state index in [4.69, 9.17) is 4.74 Å². The van der Waals surface area contributed by atoms with Crippen LogP contribution in [0, 0.1) is 0 Å². The molecular formula is C14H26IN3O. The Labute approximate surface area is 133 Å². The van der Waals surface area contributed by atoms with Crippen molar-refractivity contribution in [2.24, 2.45) is 4.99 Å². The minimum atomic E-state index is 0. The largest absolute Gasteiger partial charge is 0.370 e. The van der Waals surface area contributed by atoms with Crippen molar-refractivity contribution in [3.63, 3.8) is 0 Å². The fourth-order valence-corrected chi connectivity index (χ4v) is 3.53. The Morgan fingerprint density at radius 3 is 2.79 bits per heavy atom. The van der Waals surface area contributed by atoms with Gasteiger partial charge in [-0.2, -0.15) is 0 Å². The Balaban J connectivity index is 0.00000133. The van der Waals surface area contributed by atoms with E-state index in [0.717, 1.165) is 25.6 Å². The first-order valence-electron chi connectivity index (χ1n) is 7.45. The average Bonchev–Trinajstić information content (AvgIpc) is 2.96. The Bertz CT molecular complexity index is 329. The van der Waals surface area contributed by atoms with Gasteiger partial charge < -0.3 is 15.0 Å². The maximum atomic E-state index is 6.35. The molecule has 1 atom stereocenters. The van der Waals surface area contributed by atoms with E-state index in [-0.39, 0.29) is 29.6 Å². The molecule has 0 bridgehead atoms. The number of hydrogen-bond acceptors (Lipinski definition) is 4. The Hall–Kier alpha value is -0.0400. The molecule has 110 valence electrons. The number of likely N-dealkylation sites (N-methyl/N-ethyl adjacent to an activating group) is 1. The molecule has 2 fully saturated rings. The van der Waals surface area contributed by atoms with E-state index in [1.54, 1.807) is 0 Å². The van der Waals surface area contributed by atoms with Gasteiger partial charge in [0.2, 0.25) is 0 Å². The number of hydrogen-bond donors (Lipinski definition) is 1. The van der Waals surface area contributed by atoms with Crippen molar-refractivity contribution in [1.29, 1.82) is 0 Å². The zero-order valence-corrected chi connectivity index (χ0v) is 14.2. The van der Waals surface area contributed by atoms with E-state index in [1.807, 2.05) is 0 Å². The maximum absolute atomic E-state index is 6.35. The number of guanidine groups is 1. The molecule has 0 radical (unpaired) electrons. The summed E-state index contributed by atoms with van der Waals surface area (Å²) in [6.45, 7) is 2.89. The third-order valence-corrected chi connectivity index (χ3v) is 4.65. The topological polar surface area (TPSA) is 36.9 Å². The lowest BCUT2D eigenvalue weighted by molar-refractivity contribution is -0.0613. The van der Waals surface area contributed by atoms with Gasteiger partial charge in [0.25, 0.3) is 0 Å². The SMILES string of the molecule is CN1CCN=C1NCC1CCC2(CCCCC2)O1.I. The van der Waals surface area contributed by atoms with Crippen LogP contribution in [0.2, 0.25) is 0 Å². The standard InChI is InChI=1S/C14H25N3O.HI/c1-17-10-9-15-13(17)16-11-12-5-8-14(18-12)6-3-2-4-7-14;/h12H,2-11H2,1H3,(H,15,16);1H. The second-order valence-corrected chi connectivity index (χ2v) is 6.03. The van der Waals surface area contributed by atoms with Crippen LogP contribution in [0.1, 0.15) is 44.9 Å². The minimum Gasteiger partial charge on any atom is -0.370 e. The fraction of sp³-hybridized carbons (Fsp3) is 0.929. The van der Waals surface area contributed by atoms with E-state index in [1.165, 1.54) is 44.9 Å². The quantitative estimate of drug-likeness (QED) is 0.749. The molecule has 3 aliphatic rings. The molecule has 0 aromatic heterocycles. The second-order valence-electron chi connectivity index (χ2n) is 6.03. The number of nitrogens with one attached hydrogen (secondary N) is 1. The number of halogens is 1. The summed E-state index contributed by atoms with van der Waals surface area (Å²) in [5.74, 6) is 1.04. The van der Waals surface area contributed by atoms with Gasteiger partial charge in [-0.05, 0) is 25.7 Å². The maximum Gasteiger partial charge on any atom is 0.193 e. The van der Waals surface area contributed by atoms with Crippen LogP contribution >= 0.6 is 24.0 Å². The normalized spacial score (nSPS) is 29.2. The number of aliphatic imine (C=N–C) groups is 1. The van der Waals surface area contributed by atoms with Gasteiger partial charge in [0.15, 0.2) is 5.96 Å². The molecule has 1 aliphatic carbocycles. The molecule has 0 amide bonds. The van der Waals surface area contributed by atoms with Crippen LogP contribution < -0.4 is 5.32 Å². The molecule has 4 nitrogen and oxygen atoms in total. The van der Waals surface area contributed by atoms with Gasteiger partial charge in [0.1, 0.15) is 0 Å². The Morgan fingerprint density at radius 2 is 2.11 bits per heavy atom. The van der Waals surface area contributed by atoms with E-state index >= 15 is 0 Å². The second kappa shape index (κ2) is 6.61. The van der Waals surface area contributed by atoms with Gasteiger partial charge in [0.05, 0.1) is 18.2 Å². The number of nitrogens with zero attached hydrogens (tertiary/aromatic N) is 2. The van der Waals surface area contributed by atoms with Crippen LogP contribution in [0.5, 0.6) is 0 Å². The summed E-state index contributed by atoms with van der Waals surface area (Å²) in [6, 6.07) is 0. The number of rotatable bonds is 2. The van der Waals surface area contributed by atoms with E-state index < -0.39 is 0 Å². The monoisotopic (exact) mass is 379 g/mol. The van der Waals surface area contributed by atoms with Crippen molar-refractivity contribution in [2.45, 2.75) is 56.7 Å². The van der Waals surface area contributed by atoms with Crippen molar-refractivity contribution in [1.82, 2.24) is 10.2 Å². The van der Waals surface area contributed by atoms with E-state index in [2.05, 4.69) is 22.3 Å². The summed E-state index contributed by atoms with van der Waals surface area (Å²) in [5.41, 5.74) is 0.244. The predicted molar refractivity (Wildman–Crippen MR) is 88.3 cm³/mol. The van der Waals surface area contributed by atoms with E-state index in [9.17, 15) is 0 Å². The highest BCUT2D eigenvalue weighted by Gasteiger charge is 2.40. The highest BCUT2D eigenvalue weighted by molar-refractivity contribution is 14.0. The van der Waals surface area contributed by atoms with Crippen LogP contribution in [0.4, 0.5) is 0 Å². The lowest BCUT2D eigenvalue weighted by Gasteiger charge is -2.33. The highest BCUT2D eigenvalue weighted by atomic mass is 127. The van der Waals surface area contributed by atoms with Crippen LogP contribution in [-0.4, -0.2) is 49.2 Å². The molecule has 2 heterocycles. The molecule has 1 spiro atoms. The van der Waals surface area contributed by atoms with Crippen molar-refractivity contribution < 1.29 is 4.74 Å². The number of ether oxygens (including phenoxy) is 1. The van der Waals surface area contributed by atoms with Gasteiger partial charge >= 0.3 is 0 Å². The van der Waals surface area contributed by atoms with Gasteiger partial charge in [-0.15, -0.1) is 24.0 Å². The predicted octanol–water partition coefficient (Wildman–Crippen LogP) is 2.38. The molecule has 3 rings (SSSR count). The van der Waals surface area contributed by atoms with Crippen LogP contribution in [0.25, 0.3) is 0 Å². The Kier molecular flexibility index (Phi) is 5.34. The third-order valence-electron chi connectivity index (χ3n) is 4.65. The lowest BCUT2D eigenvalue weighted by atomic mass is 9.83. The van der Waals surface area contributed by atoms with Crippen molar-refractivity contribution in [3.8, 4) is 0 Å².